The molecule has 0 bridgehead atoms. The van der Waals surface area contributed by atoms with Gasteiger partial charge in [-0.2, -0.15) is 0 Å². The SMILES string of the molecule is Cc1c(C(=O)NS(=O)(=O)c2ccccc2Cl)nc(-c2ccccc2Cl)n1C. The second-order valence-corrected chi connectivity index (χ2v) is 8.24. The van der Waals surface area contributed by atoms with Crippen LogP contribution >= 0.6 is 23.2 Å². The maximum absolute atomic E-state index is 12.6. The molecule has 3 aromatic rings. The zero-order valence-corrected chi connectivity index (χ0v) is 16.7. The van der Waals surface area contributed by atoms with Crippen LogP contribution in [-0.2, 0) is 17.1 Å². The van der Waals surface area contributed by atoms with Gasteiger partial charge >= 0.3 is 0 Å². The molecule has 140 valence electrons. The average molecular weight is 424 g/mol. The van der Waals surface area contributed by atoms with Crippen LogP contribution in [0.5, 0.6) is 0 Å². The Morgan fingerprint density at radius 3 is 2.26 bits per heavy atom. The van der Waals surface area contributed by atoms with Crippen LogP contribution in [0.25, 0.3) is 11.4 Å². The molecule has 1 heterocycles. The van der Waals surface area contributed by atoms with E-state index in [-0.39, 0.29) is 15.6 Å². The average Bonchev–Trinajstić information content (AvgIpc) is 2.91. The predicted octanol–water partition coefficient (Wildman–Crippen LogP) is 3.82. The van der Waals surface area contributed by atoms with Gasteiger partial charge in [0.2, 0.25) is 0 Å². The van der Waals surface area contributed by atoms with Crippen molar-refractivity contribution in [3.63, 3.8) is 0 Å². The molecule has 0 aliphatic heterocycles. The van der Waals surface area contributed by atoms with Crippen molar-refractivity contribution >= 4 is 39.1 Å². The topological polar surface area (TPSA) is 81.1 Å². The number of carbonyl (C=O) groups excluding carboxylic acids is 1. The molecular formula is C18H15Cl2N3O3S. The minimum Gasteiger partial charge on any atom is -0.331 e. The second kappa shape index (κ2) is 7.34. The third-order valence-electron chi connectivity index (χ3n) is 4.06. The quantitative estimate of drug-likeness (QED) is 0.691. The predicted molar refractivity (Wildman–Crippen MR) is 104 cm³/mol. The minimum atomic E-state index is -4.14. The highest BCUT2D eigenvalue weighted by Gasteiger charge is 2.25. The van der Waals surface area contributed by atoms with Crippen molar-refractivity contribution < 1.29 is 13.2 Å². The van der Waals surface area contributed by atoms with E-state index in [1.807, 2.05) is 4.72 Å². The van der Waals surface area contributed by atoms with Crippen LogP contribution in [0.3, 0.4) is 0 Å². The highest BCUT2D eigenvalue weighted by atomic mass is 35.5. The normalized spacial score (nSPS) is 11.4. The lowest BCUT2D eigenvalue weighted by molar-refractivity contribution is 0.0976. The molecule has 0 aliphatic carbocycles. The molecule has 9 heteroatoms. The Balaban J connectivity index is 1.98. The van der Waals surface area contributed by atoms with Gasteiger partial charge in [-0.1, -0.05) is 47.5 Å². The van der Waals surface area contributed by atoms with Crippen molar-refractivity contribution in [3.8, 4) is 11.4 Å². The number of nitrogens with one attached hydrogen (secondary N) is 1. The summed E-state index contributed by atoms with van der Waals surface area (Å²) in [6.07, 6.45) is 0. The number of rotatable bonds is 4. The van der Waals surface area contributed by atoms with Gasteiger partial charge in [0.15, 0.2) is 5.69 Å². The Morgan fingerprint density at radius 2 is 1.63 bits per heavy atom. The van der Waals surface area contributed by atoms with Crippen molar-refractivity contribution in [2.24, 2.45) is 7.05 Å². The van der Waals surface area contributed by atoms with Gasteiger partial charge in [0.1, 0.15) is 10.7 Å². The van der Waals surface area contributed by atoms with Gasteiger partial charge in [-0.15, -0.1) is 0 Å². The Kier molecular flexibility index (Phi) is 5.28. The molecule has 6 nitrogen and oxygen atoms in total. The molecule has 0 radical (unpaired) electrons. The highest BCUT2D eigenvalue weighted by molar-refractivity contribution is 7.90. The van der Waals surface area contributed by atoms with E-state index in [1.54, 1.807) is 48.9 Å². The Morgan fingerprint density at radius 1 is 1.04 bits per heavy atom. The van der Waals surface area contributed by atoms with Crippen LogP contribution in [0.1, 0.15) is 16.2 Å². The summed E-state index contributed by atoms with van der Waals surface area (Å²) in [6.45, 7) is 1.67. The molecule has 0 fully saturated rings. The summed E-state index contributed by atoms with van der Waals surface area (Å²) in [5, 5.41) is 0.494. The molecule has 2 aromatic carbocycles. The van der Waals surface area contributed by atoms with Crippen LogP contribution in [0.4, 0.5) is 0 Å². The first-order valence-corrected chi connectivity index (χ1v) is 10.1. The first kappa shape index (κ1) is 19.4. The molecule has 1 amide bonds. The number of sulfonamides is 1. The summed E-state index contributed by atoms with van der Waals surface area (Å²) in [5.74, 6) is -0.389. The fourth-order valence-electron chi connectivity index (χ4n) is 2.57. The monoisotopic (exact) mass is 423 g/mol. The summed E-state index contributed by atoms with van der Waals surface area (Å²) in [7, 11) is -2.42. The maximum Gasteiger partial charge on any atom is 0.285 e. The fraction of sp³-hybridized carbons (Fsp3) is 0.111. The molecule has 27 heavy (non-hydrogen) atoms. The van der Waals surface area contributed by atoms with E-state index >= 15 is 0 Å². The van der Waals surface area contributed by atoms with Crippen LogP contribution in [-0.4, -0.2) is 23.9 Å². The van der Waals surface area contributed by atoms with Crippen LogP contribution in [0, 0.1) is 6.92 Å². The van der Waals surface area contributed by atoms with E-state index in [0.29, 0.717) is 22.1 Å². The Labute approximate surface area is 166 Å². The second-order valence-electron chi connectivity index (χ2n) is 5.77. The lowest BCUT2D eigenvalue weighted by Crippen LogP contribution is -2.31. The number of carbonyl (C=O) groups is 1. The van der Waals surface area contributed by atoms with Crippen LogP contribution < -0.4 is 4.72 Å². The van der Waals surface area contributed by atoms with Gasteiger partial charge in [-0.05, 0) is 31.2 Å². The van der Waals surface area contributed by atoms with E-state index in [4.69, 9.17) is 23.2 Å². The molecule has 1 N–H and O–H groups in total. The lowest BCUT2D eigenvalue weighted by Gasteiger charge is -2.07. The van der Waals surface area contributed by atoms with Gasteiger partial charge in [0.05, 0.1) is 10.0 Å². The van der Waals surface area contributed by atoms with Crippen molar-refractivity contribution in [2.45, 2.75) is 11.8 Å². The van der Waals surface area contributed by atoms with Gasteiger partial charge in [-0.3, -0.25) is 4.79 Å². The molecule has 0 saturated heterocycles. The van der Waals surface area contributed by atoms with Crippen molar-refractivity contribution in [1.82, 2.24) is 14.3 Å². The highest BCUT2D eigenvalue weighted by Crippen LogP contribution is 2.28. The van der Waals surface area contributed by atoms with Crippen LogP contribution in [0.2, 0.25) is 10.0 Å². The Hall–Kier alpha value is -2.35. The number of benzene rings is 2. The first-order valence-electron chi connectivity index (χ1n) is 7.82. The van der Waals surface area contributed by atoms with E-state index in [9.17, 15) is 13.2 Å². The van der Waals surface area contributed by atoms with Crippen LogP contribution in [0.15, 0.2) is 53.4 Å². The summed E-state index contributed by atoms with van der Waals surface area (Å²) in [6, 6.07) is 12.9. The van der Waals surface area contributed by atoms with Gasteiger partial charge in [0, 0.05) is 18.3 Å². The van der Waals surface area contributed by atoms with Gasteiger partial charge < -0.3 is 4.57 Å². The number of aromatic nitrogens is 2. The fourth-order valence-corrected chi connectivity index (χ4v) is 4.26. The van der Waals surface area contributed by atoms with Crippen molar-refractivity contribution in [3.05, 3.63) is 70.0 Å². The lowest BCUT2D eigenvalue weighted by atomic mass is 10.2. The summed E-state index contributed by atoms with van der Waals surface area (Å²) in [4.78, 5) is 16.7. The molecular weight excluding hydrogens is 409 g/mol. The van der Waals surface area contributed by atoms with Gasteiger partial charge in [0.25, 0.3) is 15.9 Å². The molecule has 1 aromatic heterocycles. The number of imidazole rings is 1. The summed E-state index contributed by atoms with van der Waals surface area (Å²) < 4.78 is 28.7. The zero-order chi connectivity index (χ0) is 19.8. The number of hydrogen-bond acceptors (Lipinski definition) is 4. The largest absolute Gasteiger partial charge is 0.331 e. The minimum absolute atomic E-state index is 0.0111. The zero-order valence-electron chi connectivity index (χ0n) is 14.4. The molecule has 0 unspecified atom stereocenters. The molecule has 0 aliphatic rings. The number of nitrogens with zero attached hydrogens (tertiary/aromatic N) is 2. The molecule has 0 spiro atoms. The van der Waals surface area contributed by atoms with E-state index in [0.717, 1.165) is 0 Å². The molecule has 0 atom stereocenters. The number of amides is 1. The standard InChI is InChI=1S/C18H15Cl2N3O3S/c1-11-16(21-17(23(11)2)12-7-3-4-8-13(12)19)18(24)22-27(25,26)15-10-6-5-9-14(15)20/h3-10H,1-2H3,(H,22,24). The third kappa shape index (κ3) is 3.71. The van der Waals surface area contributed by atoms with Crippen molar-refractivity contribution in [1.29, 1.82) is 0 Å². The smallest absolute Gasteiger partial charge is 0.285 e. The Bertz CT molecular complexity index is 1140. The van der Waals surface area contributed by atoms with E-state index in [2.05, 4.69) is 4.98 Å². The first-order chi connectivity index (χ1) is 12.7. The van der Waals surface area contributed by atoms with E-state index in [1.165, 1.54) is 18.2 Å². The maximum atomic E-state index is 12.6. The summed E-state index contributed by atoms with van der Waals surface area (Å²) in [5.41, 5.74) is 1.12. The van der Waals surface area contributed by atoms with Crippen molar-refractivity contribution in [2.75, 3.05) is 0 Å². The molecule has 3 rings (SSSR count). The summed E-state index contributed by atoms with van der Waals surface area (Å²) >= 11 is 12.1. The third-order valence-corrected chi connectivity index (χ3v) is 6.22. The number of hydrogen-bond donors (Lipinski definition) is 1. The molecule has 0 saturated carbocycles. The van der Waals surface area contributed by atoms with Gasteiger partial charge in [-0.25, -0.2) is 18.1 Å². The number of halogens is 2. The van der Waals surface area contributed by atoms with E-state index < -0.39 is 15.9 Å².